The standard InChI is InChI=1S/C30H34N2O4S2/c1-5-24(37-21-12-9-11-20(17-21)31-27(33)22-13-8-7-10-19(22)4)28(34)32-29-26(30(35)36-6-2)23-15-14-18(3)16-25(23)38-29/h7-13,17-18,24H,5-6,14-16H2,1-4H3,(H,31,33)(H,32,34). The zero-order valence-electron chi connectivity index (χ0n) is 22.3. The molecule has 2 amide bonds. The highest BCUT2D eigenvalue weighted by Gasteiger charge is 2.30. The van der Waals surface area contributed by atoms with Crippen molar-refractivity contribution in [1.82, 2.24) is 0 Å². The minimum Gasteiger partial charge on any atom is -0.462 e. The molecule has 1 aliphatic rings. The minimum absolute atomic E-state index is 0.149. The van der Waals surface area contributed by atoms with E-state index in [2.05, 4.69) is 17.6 Å². The fraction of sp³-hybridized carbons (Fsp3) is 0.367. The number of hydrogen-bond acceptors (Lipinski definition) is 6. The fourth-order valence-corrected chi connectivity index (χ4v) is 7.03. The van der Waals surface area contributed by atoms with Crippen LogP contribution >= 0.6 is 23.1 Å². The second kappa shape index (κ2) is 12.6. The Balaban J connectivity index is 1.49. The van der Waals surface area contributed by atoms with Crippen LogP contribution in [0.1, 0.15) is 70.3 Å². The molecule has 0 radical (unpaired) electrons. The van der Waals surface area contributed by atoms with Crippen molar-refractivity contribution in [2.24, 2.45) is 5.92 Å². The lowest BCUT2D eigenvalue weighted by Crippen LogP contribution is -2.25. The van der Waals surface area contributed by atoms with Gasteiger partial charge in [0.2, 0.25) is 5.91 Å². The van der Waals surface area contributed by atoms with Crippen molar-refractivity contribution in [3.05, 3.63) is 75.7 Å². The monoisotopic (exact) mass is 550 g/mol. The van der Waals surface area contributed by atoms with Crippen molar-refractivity contribution in [3.63, 3.8) is 0 Å². The smallest absolute Gasteiger partial charge is 0.341 e. The summed E-state index contributed by atoms with van der Waals surface area (Å²) in [5, 5.41) is 6.24. The molecule has 4 rings (SSSR count). The summed E-state index contributed by atoms with van der Waals surface area (Å²) in [6, 6.07) is 15.0. The third-order valence-electron chi connectivity index (χ3n) is 6.65. The molecular formula is C30H34N2O4S2. The van der Waals surface area contributed by atoms with E-state index in [1.165, 1.54) is 28.0 Å². The SMILES string of the molecule is CCOC(=O)c1c(NC(=O)C(CC)Sc2cccc(NC(=O)c3ccccc3C)c2)sc2c1CCC(C)C2. The Labute approximate surface area is 232 Å². The van der Waals surface area contributed by atoms with Crippen LogP contribution in [-0.2, 0) is 22.4 Å². The number of anilines is 2. The van der Waals surface area contributed by atoms with Gasteiger partial charge in [0.05, 0.1) is 17.4 Å². The van der Waals surface area contributed by atoms with Crippen molar-refractivity contribution in [3.8, 4) is 0 Å². The second-order valence-corrected chi connectivity index (χ2v) is 12.0. The Morgan fingerprint density at radius 3 is 2.63 bits per heavy atom. The van der Waals surface area contributed by atoms with Gasteiger partial charge in [0, 0.05) is 21.0 Å². The summed E-state index contributed by atoms with van der Waals surface area (Å²) in [7, 11) is 0. The summed E-state index contributed by atoms with van der Waals surface area (Å²) in [5.74, 6) is -0.133. The van der Waals surface area contributed by atoms with Gasteiger partial charge in [0.15, 0.2) is 0 Å². The van der Waals surface area contributed by atoms with Gasteiger partial charge in [-0.25, -0.2) is 4.79 Å². The van der Waals surface area contributed by atoms with Crippen LogP contribution in [0.5, 0.6) is 0 Å². The summed E-state index contributed by atoms with van der Waals surface area (Å²) < 4.78 is 5.34. The number of fused-ring (bicyclic) bond motifs is 1. The van der Waals surface area contributed by atoms with Crippen LogP contribution in [0.2, 0.25) is 0 Å². The molecule has 0 aliphatic heterocycles. The Morgan fingerprint density at radius 2 is 1.89 bits per heavy atom. The van der Waals surface area contributed by atoms with E-state index in [0.717, 1.165) is 35.3 Å². The highest BCUT2D eigenvalue weighted by Crippen LogP contribution is 2.40. The van der Waals surface area contributed by atoms with Crippen LogP contribution in [0.4, 0.5) is 10.7 Å². The van der Waals surface area contributed by atoms with Gasteiger partial charge in [-0.3, -0.25) is 9.59 Å². The number of amides is 2. The molecule has 200 valence electrons. The maximum absolute atomic E-state index is 13.4. The van der Waals surface area contributed by atoms with Crippen molar-refractivity contribution in [1.29, 1.82) is 0 Å². The number of ether oxygens (including phenoxy) is 1. The topological polar surface area (TPSA) is 84.5 Å². The maximum Gasteiger partial charge on any atom is 0.341 e. The molecule has 1 aliphatic carbocycles. The Morgan fingerprint density at radius 1 is 1.11 bits per heavy atom. The lowest BCUT2D eigenvalue weighted by molar-refractivity contribution is -0.115. The zero-order chi connectivity index (χ0) is 27.2. The van der Waals surface area contributed by atoms with E-state index in [-0.39, 0.29) is 29.6 Å². The van der Waals surface area contributed by atoms with Gasteiger partial charge in [-0.2, -0.15) is 0 Å². The molecule has 1 heterocycles. The minimum atomic E-state index is -0.370. The predicted octanol–water partition coefficient (Wildman–Crippen LogP) is 7.12. The Kier molecular flexibility index (Phi) is 9.28. The molecule has 1 aromatic heterocycles. The number of carbonyl (C=O) groups excluding carboxylic acids is 3. The molecule has 2 N–H and O–H groups in total. The molecule has 0 saturated carbocycles. The van der Waals surface area contributed by atoms with Gasteiger partial charge in [-0.05, 0) is 80.8 Å². The van der Waals surface area contributed by atoms with Crippen molar-refractivity contribution < 1.29 is 19.1 Å². The van der Waals surface area contributed by atoms with E-state index in [0.29, 0.717) is 34.2 Å². The van der Waals surface area contributed by atoms with E-state index in [1.807, 2.05) is 56.3 Å². The summed E-state index contributed by atoms with van der Waals surface area (Å²) in [4.78, 5) is 41.0. The van der Waals surface area contributed by atoms with Crippen LogP contribution in [0.15, 0.2) is 53.4 Å². The first-order valence-corrected chi connectivity index (χ1v) is 14.8. The zero-order valence-corrected chi connectivity index (χ0v) is 23.9. The fourth-order valence-electron chi connectivity index (χ4n) is 4.61. The average molecular weight is 551 g/mol. The van der Waals surface area contributed by atoms with Gasteiger partial charge in [0.25, 0.3) is 5.91 Å². The van der Waals surface area contributed by atoms with E-state index in [9.17, 15) is 14.4 Å². The number of hydrogen-bond donors (Lipinski definition) is 2. The van der Waals surface area contributed by atoms with E-state index < -0.39 is 0 Å². The predicted molar refractivity (Wildman–Crippen MR) is 156 cm³/mol. The first-order chi connectivity index (χ1) is 18.3. The number of rotatable bonds is 9. The molecule has 8 heteroatoms. The molecule has 2 atom stereocenters. The number of esters is 1. The molecular weight excluding hydrogens is 516 g/mol. The van der Waals surface area contributed by atoms with Gasteiger partial charge >= 0.3 is 5.97 Å². The third kappa shape index (κ3) is 6.48. The van der Waals surface area contributed by atoms with Gasteiger partial charge in [0.1, 0.15) is 5.00 Å². The number of nitrogens with one attached hydrogen (secondary N) is 2. The van der Waals surface area contributed by atoms with Gasteiger partial charge in [-0.15, -0.1) is 23.1 Å². The van der Waals surface area contributed by atoms with Gasteiger partial charge in [-0.1, -0.05) is 38.1 Å². The Hall–Kier alpha value is -3.10. The van der Waals surface area contributed by atoms with Crippen LogP contribution in [0.3, 0.4) is 0 Å². The van der Waals surface area contributed by atoms with Crippen molar-refractivity contribution >= 4 is 51.6 Å². The van der Waals surface area contributed by atoms with Crippen LogP contribution in [0.25, 0.3) is 0 Å². The highest BCUT2D eigenvalue weighted by atomic mass is 32.2. The molecule has 0 spiro atoms. The van der Waals surface area contributed by atoms with E-state index in [1.54, 1.807) is 13.0 Å². The molecule has 0 fully saturated rings. The maximum atomic E-state index is 13.4. The lowest BCUT2D eigenvalue weighted by atomic mass is 9.88. The van der Waals surface area contributed by atoms with E-state index >= 15 is 0 Å². The van der Waals surface area contributed by atoms with Gasteiger partial charge < -0.3 is 15.4 Å². The first-order valence-electron chi connectivity index (χ1n) is 13.1. The molecule has 38 heavy (non-hydrogen) atoms. The quantitative estimate of drug-likeness (QED) is 0.219. The Bertz CT molecular complexity index is 1330. The second-order valence-electron chi connectivity index (χ2n) is 9.58. The molecule has 2 aromatic carbocycles. The lowest BCUT2D eigenvalue weighted by Gasteiger charge is -2.18. The number of thiophene rings is 1. The van der Waals surface area contributed by atoms with E-state index in [4.69, 9.17) is 4.74 Å². The molecule has 0 bridgehead atoms. The summed E-state index contributed by atoms with van der Waals surface area (Å²) >= 11 is 2.94. The van der Waals surface area contributed by atoms with Crippen molar-refractivity contribution in [2.45, 2.75) is 63.5 Å². The average Bonchev–Trinajstić information content (AvgIpc) is 3.24. The molecule has 3 aromatic rings. The van der Waals surface area contributed by atoms with Crippen LogP contribution in [-0.4, -0.2) is 29.6 Å². The normalized spacial score (nSPS) is 15.3. The molecule has 0 saturated heterocycles. The number of thioether (sulfide) groups is 1. The summed E-state index contributed by atoms with van der Waals surface area (Å²) in [6.07, 6.45) is 3.36. The number of aryl methyl sites for hydroxylation is 1. The number of carbonyl (C=O) groups is 3. The molecule has 6 nitrogen and oxygen atoms in total. The summed E-state index contributed by atoms with van der Waals surface area (Å²) in [5.41, 5.74) is 3.75. The molecule has 2 unspecified atom stereocenters. The summed E-state index contributed by atoms with van der Waals surface area (Å²) in [6.45, 7) is 8.17. The number of benzene rings is 2. The first kappa shape index (κ1) is 27.9. The highest BCUT2D eigenvalue weighted by molar-refractivity contribution is 8.00. The largest absolute Gasteiger partial charge is 0.462 e. The van der Waals surface area contributed by atoms with Crippen LogP contribution < -0.4 is 10.6 Å². The third-order valence-corrected chi connectivity index (χ3v) is 9.18. The van der Waals surface area contributed by atoms with Crippen molar-refractivity contribution in [2.75, 3.05) is 17.2 Å². The van der Waals surface area contributed by atoms with Crippen LogP contribution in [0, 0.1) is 12.8 Å².